The van der Waals surface area contributed by atoms with Gasteiger partial charge in [0.2, 0.25) is 0 Å². The molecule has 1 saturated heterocycles. The predicted molar refractivity (Wildman–Crippen MR) is 83.0 cm³/mol. The van der Waals surface area contributed by atoms with Gasteiger partial charge < -0.3 is 15.0 Å². The van der Waals surface area contributed by atoms with E-state index in [0.29, 0.717) is 6.04 Å². The van der Waals surface area contributed by atoms with Gasteiger partial charge in [-0.25, -0.2) is 4.98 Å². The highest BCUT2D eigenvalue weighted by molar-refractivity contribution is 5.40. The number of pyridine rings is 1. The summed E-state index contributed by atoms with van der Waals surface area (Å²) in [5.41, 5.74) is 1.29. The van der Waals surface area contributed by atoms with Gasteiger partial charge in [-0.1, -0.05) is 13.8 Å². The molecule has 0 spiro atoms. The Hall–Kier alpha value is -1.13. The van der Waals surface area contributed by atoms with Crippen LogP contribution in [0.5, 0.6) is 0 Å². The number of rotatable bonds is 6. The van der Waals surface area contributed by atoms with E-state index in [4.69, 9.17) is 4.74 Å². The summed E-state index contributed by atoms with van der Waals surface area (Å²) >= 11 is 0. The molecular weight excluding hydrogens is 250 g/mol. The van der Waals surface area contributed by atoms with Gasteiger partial charge in [-0.3, -0.25) is 0 Å². The van der Waals surface area contributed by atoms with E-state index in [1.807, 2.05) is 6.20 Å². The fraction of sp³-hybridized carbons (Fsp3) is 0.688. The first-order valence-electron chi connectivity index (χ1n) is 7.62. The van der Waals surface area contributed by atoms with Gasteiger partial charge in [0.15, 0.2) is 0 Å². The molecule has 1 aromatic heterocycles. The number of aromatic nitrogens is 1. The number of nitrogens with one attached hydrogen (secondary N) is 1. The average molecular weight is 277 g/mol. The molecular formula is C16H27N3O. The van der Waals surface area contributed by atoms with Gasteiger partial charge in [0.1, 0.15) is 5.82 Å². The second-order valence-electron chi connectivity index (χ2n) is 5.99. The average Bonchev–Trinajstić information content (AvgIpc) is 2.46. The first-order valence-corrected chi connectivity index (χ1v) is 7.62. The molecule has 0 amide bonds. The van der Waals surface area contributed by atoms with Crippen LogP contribution in [0.4, 0.5) is 5.82 Å². The third kappa shape index (κ3) is 4.76. The van der Waals surface area contributed by atoms with Crippen molar-refractivity contribution in [3.63, 3.8) is 0 Å². The minimum atomic E-state index is 0.506. The van der Waals surface area contributed by atoms with E-state index in [9.17, 15) is 0 Å². The van der Waals surface area contributed by atoms with Gasteiger partial charge in [0.25, 0.3) is 0 Å². The summed E-state index contributed by atoms with van der Waals surface area (Å²) in [5.74, 6) is 1.80. The van der Waals surface area contributed by atoms with Crippen molar-refractivity contribution in [3.05, 3.63) is 23.9 Å². The van der Waals surface area contributed by atoms with E-state index >= 15 is 0 Å². The van der Waals surface area contributed by atoms with Crippen molar-refractivity contribution in [2.24, 2.45) is 5.92 Å². The Labute approximate surface area is 122 Å². The smallest absolute Gasteiger partial charge is 0.128 e. The highest BCUT2D eigenvalue weighted by atomic mass is 16.5. The summed E-state index contributed by atoms with van der Waals surface area (Å²) in [6.45, 7) is 8.11. The summed E-state index contributed by atoms with van der Waals surface area (Å²) in [6, 6.07) is 4.78. The Balaban J connectivity index is 1.91. The van der Waals surface area contributed by atoms with Crippen molar-refractivity contribution in [2.45, 2.75) is 39.3 Å². The fourth-order valence-corrected chi connectivity index (χ4v) is 2.51. The highest BCUT2D eigenvalue weighted by Gasteiger charge is 2.16. The molecule has 0 radical (unpaired) electrons. The van der Waals surface area contributed by atoms with E-state index < -0.39 is 0 Å². The molecule has 1 N–H and O–H groups in total. The van der Waals surface area contributed by atoms with Crippen LogP contribution in [0.2, 0.25) is 0 Å². The van der Waals surface area contributed by atoms with E-state index in [1.54, 1.807) is 0 Å². The topological polar surface area (TPSA) is 37.4 Å². The fourth-order valence-electron chi connectivity index (χ4n) is 2.51. The van der Waals surface area contributed by atoms with E-state index in [1.165, 1.54) is 18.4 Å². The summed E-state index contributed by atoms with van der Waals surface area (Å²) in [6.07, 6.45) is 4.24. The number of anilines is 1. The van der Waals surface area contributed by atoms with Crippen molar-refractivity contribution in [3.8, 4) is 0 Å². The largest absolute Gasteiger partial charge is 0.381 e. The van der Waals surface area contributed by atoms with Crippen molar-refractivity contribution >= 4 is 5.82 Å². The van der Waals surface area contributed by atoms with Crippen molar-refractivity contribution in [2.75, 3.05) is 31.7 Å². The van der Waals surface area contributed by atoms with Gasteiger partial charge in [-0.2, -0.15) is 0 Å². The monoisotopic (exact) mass is 277 g/mol. The lowest BCUT2D eigenvalue weighted by molar-refractivity contribution is 0.0685. The van der Waals surface area contributed by atoms with Crippen LogP contribution >= 0.6 is 0 Å². The molecule has 0 atom stereocenters. The maximum Gasteiger partial charge on any atom is 0.128 e. The van der Waals surface area contributed by atoms with Gasteiger partial charge in [-0.15, -0.1) is 0 Å². The van der Waals surface area contributed by atoms with Crippen LogP contribution in [0.1, 0.15) is 32.3 Å². The van der Waals surface area contributed by atoms with Gasteiger partial charge in [-0.05, 0) is 36.5 Å². The summed E-state index contributed by atoms with van der Waals surface area (Å²) in [4.78, 5) is 6.77. The third-order valence-electron chi connectivity index (χ3n) is 3.79. The minimum Gasteiger partial charge on any atom is -0.381 e. The lowest BCUT2D eigenvalue weighted by Gasteiger charge is -2.28. The van der Waals surface area contributed by atoms with Crippen LogP contribution in [-0.2, 0) is 11.3 Å². The molecule has 4 heteroatoms. The molecule has 0 unspecified atom stereocenters. The van der Waals surface area contributed by atoms with Crippen LogP contribution < -0.4 is 10.2 Å². The Bertz CT molecular complexity index is 402. The van der Waals surface area contributed by atoms with Gasteiger partial charge in [0, 0.05) is 45.6 Å². The van der Waals surface area contributed by atoms with Crippen LogP contribution in [0.25, 0.3) is 0 Å². The van der Waals surface area contributed by atoms with Crippen molar-refractivity contribution in [1.82, 2.24) is 10.3 Å². The van der Waals surface area contributed by atoms with Crippen LogP contribution in [0, 0.1) is 5.92 Å². The molecule has 20 heavy (non-hydrogen) atoms. The maximum atomic E-state index is 5.42. The van der Waals surface area contributed by atoms with Crippen LogP contribution in [0.3, 0.4) is 0 Å². The van der Waals surface area contributed by atoms with Crippen molar-refractivity contribution < 1.29 is 4.74 Å². The summed E-state index contributed by atoms with van der Waals surface area (Å²) in [7, 11) is 2.14. The Morgan fingerprint density at radius 1 is 1.40 bits per heavy atom. The summed E-state index contributed by atoms with van der Waals surface area (Å²) in [5, 5.41) is 3.45. The van der Waals surface area contributed by atoms with E-state index in [-0.39, 0.29) is 0 Å². The van der Waals surface area contributed by atoms with Crippen molar-refractivity contribution in [1.29, 1.82) is 0 Å². The molecule has 2 heterocycles. The molecule has 1 aromatic rings. The van der Waals surface area contributed by atoms with Gasteiger partial charge >= 0.3 is 0 Å². The zero-order valence-electron chi connectivity index (χ0n) is 12.9. The quantitative estimate of drug-likeness (QED) is 0.866. The predicted octanol–water partition coefficient (Wildman–Crippen LogP) is 2.44. The molecule has 0 aliphatic carbocycles. The lowest BCUT2D eigenvalue weighted by atomic mass is 10.00. The first kappa shape index (κ1) is 15.3. The Kier molecular flexibility index (Phi) is 5.80. The van der Waals surface area contributed by atoms with Crippen LogP contribution in [-0.4, -0.2) is 37.8 Å². The lowest BCUT2D eigenvalue weighted by Crippen LogP contribution is -2.30. The first-order chi connectivity index (χ1) is 9.65. The minimum absolute atomic E-state index is 0.506. The third-order valence-corrected chi connectivity index (χ3v) is 3.79. The molecule has 1 fully saturated rings. The standard InChI is InChI=1S/C16H27N3O/c1-13(2)18-11-15-4-7-17-16(10-15)19(3)12-14-5-8-20-9-6-14/h4,7,10,13-14,18H,5-6,8-9,11-12H2,1-3H3. The molecule has 1 aliphatic heterocycles. The molecule has 0 bridgehead atoms. The number of ether oxygens (including phenoxy) is 1. The molecule has 112 valence electrons. The number of nitrogens with zero attached hydrogens (tertiary/aromatic N) is 2. The second-order valence-corrected chi connectivity index (χ2v) is 5.99. The zero-order valence-corrected chi connectivity index (χ0v) is 12.9. The van der Waals surface area contributed by atoms with E-state index in [2.05, 4.69) is 48.2 Å². The highest BCUT2D eigenvalue weighted by Crippen LogP contribution is 2.19. The Morgan fingerprint density at radius 2 is 2.15 bits per heavy atom. The maximum absolute atomic E-state index is 5.42. The zero-order chi connectivity index (χ0) is 14.4. The SMILES string of the molecule is CC(C)NCc1ccnc(N(C)CC2CCOCC2)c1. The van der Waals surface area contributed by atoms with E-state index in [0.717, 1.165) is 38.0 Å². The van der Waals surface area contributed by atoms with Crippen LogP contribution in [0.15, 0.2) is 18.3 Å². The van der Waals surface area contributed by atoms with Gasteiger partial charge in [0.05, 0.1) is 0 Å². The number of hydrogen-bond acceptors (Lipinski definition) is 4. The number of hydrogen-bond donors (Lipinski definition) is 1. The molecule has 0 saturated carbocycles. The normalized spacial score (nSPS) is 16.6. The molecule has 2 rings (SSSR count). The molecule has 1 aliphatic rings. The second kappa shape index (κ2) is 7.60. The Morgan fingerprint density at radius 3 is 2.85 bits per heavy atom. The molecule has 0 aromatic carbocycles. The summed E-state index contributed by atoms with van der Waals surface area (Å²) < 4.78 is 5.42. The molecule has 4 nitrogen and oxygen atoms in total.